The number of benzene rings is 1. The van der Waals surface area contributed by atoms with E-state index in [-0.39, 0.29) is 35.4 Å². The van der Waals surface area contributed by atoms with E-state index >= 15 is 0 Å². The fourth-order valence-electron chi connectivity index (χ4n) is 6.84. The first-order valence-corrected chi connectivity index (χ1v) is 11.1. The van der Waals surface area contributed by atoms with Gasteiger partial charge in [0.05, 0.1) is 11.1 Å². The van der Waals surface area contributed by atoms with Gasteiger partial charge in [-0.15, -0.1) is 0 Å². The Morgan fingerprint density at radius 3 is 2.57 bits per heavy atom. The molecule has 162 valence electrons. The molecule has 3 N–H and O–H groups in total. The minimum absolute atomic E-state index is 0.0520. The zero-order valence-electron chi connectivity index (χ0n) is 17.7. The van der Waals surface area contributed by atoms with Crippen molar-refractivity contribution < 1.29 is 24.5 Å². The molecule has 0 radical (unpaired) electrons. The fourth-order valence-corrected chi connectivity index (χ4v) is 7.10. The van der Waals surface area contributed by atoms with Gasteiger partial charge < -0.3 is 20.3 Å². The van der Waals surface area contributed by atoms with Crippen molar-refractivity contribution in [3.05, 3.63) is 27.8 Å². The van der Waals surface area contributed by atoms with Crippen LogP contribution >= 0.6 is 11.6 Å². The Kier molecular flexibility index (Phi) is 4.05. The lowest BCUT2D eigenvalue weighted by molar-refractivity contribution is -0.227. The molecule has 1 aromatic carbocycles. The number of amides is 1. The van der Waals surface area contributed by atoms with E-state index in [1.54, 1.807) is 6.07 Å². The van der Waals surface area contributed by atoms with Crippen molar-refractivity contribution in [2.45, 2.75) is 71.3 Å². The minimum Gasteiger partial charge on any atom is -0.485 e. The summed E-state index contributed by atoms with van der Waals surface area (Å²) in [5.41, 5.74) is -0.362. The van der Waals surface area contributed by atoms with Crippen LogP contribution < -0.4 is 10.1 Å². The van der Waals surface area contributed by atoms with Crippen LogP contribution in [0.5, 0.6) is 5.75 Å². The number of aliphatic hydroxyl groups is 2. The number of ketones is 1. The molecule has 6 atom stereocenters. The number of carbonyl (C=O) groups excluding carboxylic acids is 2. The van der Waals surface area contributed by atoms with Gasteiger partial charge in [-0.1, -0.05) is 39.3 Å². The number of halogens is 1. The second kappa shape index (κ2) is 5.99. The number of hydrogen-bond donors (Lipinski definition) is 3. The molecule has 2 aliphatic heterocycles. The molecule has 1 spiro atoms. The average Bonchev–Trinajstić information content (AvgIpc) is 2.94. The van der Waals surface area contributed by atoms with Crippen LogP contribution in [0.15, 0.2) is 6.07 Å². The Labute approximate surface area is 180 Å². The molecule has 7 heteroatoms. The summed E-state index contributed by atoms with van der Waals surface area (Å²) >= 11 is 6.61. The summed E-state index contributed by atoms with van der Waals surface area (Å²) in [6.07, 6.45) is 0.308. The molecule has 6 nitrogen and oxygen atoms in total. The number of hydrogen-bond acceptors (Lipinski definition) is 5. The first kappa shape index (κ1) is 20.3. The number of Topliss-reactive ketones (excluding diaryl/α,β-unsaturated/α-hetero) is 1. The van der Waals surface area contributed by atoms with E-state index in [4.69, 9.17) is 16.3 Å². The third-order valence-corrected chi connectivity index (χ3v) is 9.17. The van der Waals surface area contributed by atoms with Crippen molar-refractivity contribution in [3.8, 4) is 5.75 Å². The molecule has 1 unspecified atom stereocenters. The number of ether oxygens (including phenoxy) is 1. The van der Waals surface area contributed by atoms with Crippen LogP contribution in [0, 0.1) is 22.7 Å². The standard InChI is InChI=1S/C23H28ClNO5/c1-10-5-6-15-21(2,3)18(27)14(26)9-23(15)22(10,4)8-12-13(24)7-11-16(17(12)30-23)20(29)25-19(11)28/h7,10,15,18,20,27,29H,5-6,8-9H2,1-4H3,(H,25,28)/t10-,15-,18?,20+,22+,23-/m0/s1. The summed E-state index contributed by atoms with van der Waals surface area (Å²) in [7, 11) is 0. The van der Waals surface area contributed by atoms with Crippen molar-refractivity contribution in [3.63, 3.8) is 0 Å². The molecule has 30 heavy (non-hydrogen) atoms. The van der Waals surface area contributed by atoms with Gasteiger partial charge in [-0.05, 0) is 31.2 Å². The summed E-state index contributed by atoms with van der Waals surface area (Å²) in [6.45, 7) is 8.24. The molecule has 1 amide bonds. The number of aliphatic hydroxyl groups excluding tert-OH is 2. The molecule has 2 heterocycles. The zero-order chi connectivity index (χ0) is 21.8. The zero-order valence-corrected chi connectivity index (χ0v) is 18.5. The van der Waals surface area contributed by atoms with Crippen LogP contribution in [0.25, 0.3) is 0 Å². The van der Waals surface area contributed by atoms with Gasteiger partial charge in [0, 0.05) is 33.8 Å². The summed E-state index contributed by atoms with van der Waals surface area (Å²) in [4.78, 5) is 25.3. The lowest BCUT2D eigenvalue weighted by atomic mass is 9.43. The Morgan fingerprint density at radius 1 is 1.17 bits per heavy atom. The molecule has 1 aromatic rings. The molecule has 2 saturated carbocycles. The second-order valence-corrected chi connectivity index (χ2v) is 10.9. The minimum atomic E-state index is -1.17. The maximum atomic E-state index is 13.0. The molecule has 2 aliphatic carbocycles. The van der Waals surface area contributed by atoms with Crippen LogP contribution in [-0.2, 0) is 11.2 Å². The van der Waals surface area contributed by atoms with Crippen LogP contribution in [0.3, 0.4) is 0 Å². The van der Waals surface area contributed by atoms with Gasteiger partial charge >= 0.3 is 0 Å². The van der Waals surface area contributed by atoms with E-state index in [2.05, 4.69) is 19.2 Å². The summed E-state index contributed by atoms with van der Waals surface area (Å²) in [6, 6.07) is 1.61. The van der Waals surface area contributed by atoms with Gasteiger partial charge in [-0.3, -0.25) is 9.59 Å². The van der Waals surface area contributed by atoms with Crippen molar-refractivity contribution in [1.82, 2.24) is 5.32 Å². The Bertz CT molecular complexity index is 990. The van der Waals surface area contributed by atoms with Crippen LogP contribution in [-0.4, -0.2) is 33.6 Å². The van der Waals surface area contributed by atoms with Gasteiger partial charge in [-0.25, -0.2) is 0 Å². The smallest absolute Gasteiger partial charge is 0.254 e. The largest absolute Gasteiger partial charge is 0.485 e. The van der Waals surface area contributed by atoms with E-state index in [1.807, 2.05) is 13.8 Å². The molecule has 2 fully saturated rings. The van der Waals surface area contributed by atoms with Crippen molar-refractivity contribution >= 4 is 23.3 Å². The first-order chi connectivity index (χ1) is 13.9. The third kappa shape index (κ3) is 2.22. The van der Waals surface area contributed by atoms with Gasteiger partial charge in [0.15, 0.2) is 12.0 Å². The van der Waals surface area contributed by atoms with Gasteiger partial charge in [0.25, 0.3) is 5.91 Å². The predicted molar refractivity (Wildman–Crippen MR) is 110 cm³/mol. The molecular formula is C23H28ClNO5. The second-order valence-electron chi connectivity index (χ2n) is 10.5. The van der Waals surface area contributed by atoms with Crippen LogP contribution in [0.1, 0.15) is 74.7 Å². The molecule has 0 saturated heterocycles. The maximum Gasteiger partial charge on any atom is 0.254 e. The number of fused-ring (bicyclic) bond motifs is 3. The van der Waals surface area contributed by atoms with Crippen LogP contribution in [0.2, 0.25) is 5.02 Å². The molecule has 0 bridgehead atoms. The van der Waals surface area contributed by atoms with Crippen LogP contribution in [0.4, 0.5) is 0 Å². The van der Waals surface area contributed by atoms with E-state index in [9.17, 15) is 19.8 Å². The number of nitrogens with one attached hydrogen (secondary N) is 1. The normalized spacial score (nSPS) is 41.2. The molecular weight excluding hydrogens is 406 g/mol. The quantitative estimate of drug-likeness (QED) is 0.584. The van der Waals surface area contributed by atoms with E-state index in [0.717, 1.165) is 18.4 Å². The topological polar surface area (TPSA) is 95.9 Å². The molecule has 4 aliphatic rings. The predicted octanol–water partition coefficient (Wildman–Crippen LogP) is 3.16. The third-order valence-electron chi connectivity index (χ3n) is 8.83. The Morgan fingerprint density at radius 2 is 1.87 bits per heavy atom. The summed E-state index contributed by atoms with van der Waals surface area (Å²) < 4.78 is 6.83. The SMILES string of the molecule is C[C@H]1CC[C@H]2C(C)(C)C(O)C(=O)C[C@]23Oc2c(c(Cl)cc4c2[C@@H](O)NC4=O)C[C@]13C. The lowest BCUT2D eigenvalue weighted by Gasteiger charge is -2.66. The van der Waals surface area contributed by atoms with E-state index in [0.29, 0.717) is 28.3 Å². The van der Waals surface area contributed by atoms with Gasteiger partial charge in [-0.2, -0.15) is 0 Å². The maximum absolute atomic E-state index is 13.0. The first-order valence-electron chi connectivity index (χ1n) is 10.7. The number of carbonyl (C=O) groups is 2. The van der Waals surface area contributed by atoms with Gasteiger partial charge in [0.1, 0.15) is 17.5 Å². The Balaban J connectivity index is 1.77. The summed E-state index contributed by atoms with van der Waals surface area (Å²) in [5.74, 6) is 0.0488. The van der Waals surface area contributed by atoms with Crippen molar-refractivity contribution in [2.75, 3.05) is 0 Å². The molecule has 5 rings (SSSR count). The highest BCUT2D eigenvalue weighted by molar-refractivity contribution is 6.32. The van der Waals surface area contributed by atoms with Crippen molar-refractivity contribution in [2.24, 2.45) is 22.7 Å². The summed E-state index contributed by atoms with van der Waals surface area (Å²) in [5, 5.41) is 24.2. The van der Waals surface area contributed by atoms with Gasteiger partial charge in [0.2, 0.25) is 0 Å². The number of rotatable bonds is 0. The van der Waals surface area contributed by atoms with E-state index < -0.39 is 23.3 Å². The Hall–Kier alpha value is -1.63. The average molecular weight is 434 g/mol. The fraction of sp³-hybridized carbons (Fsp3) is 0.652. The van der Waals surface area contributed by atoms with E-state index in [1.165, 1.54) is 0 Å². The highest BCUT2D eigenvalue weighted by atomic mass is 35.5. The van der Waals surface area contributed by atoms with Crippen molar-refractivity contribution in [1.29, 1.82) is 0 Å². The highest BCUT2D eigenvalue weighted by Gasteiger charge is 2.69. The monoisotopic (exact) mass is 433 g/mol. The molecule has 0 aromatic heterocycles. The highest BCUT2D eigenvalue weighted by Crippen LogP contribution is 2.66. The lowest BCUT2D eigenvalue weighted by Crippen LogP contribution is -2.72.